The van der Waals surface area contributed by atoms with Gasteiger partial charge >= 0.3 is 0 Å². The van der Waals surface area contributed by atoms with Crippen LogP contribution in [0, 0.1) is 6.92 Å². The van der Waals surface area contributed by atoms with Crippen molar-refractivity contribution in [3.05, 3.63) is 54.5 Å². The van der Waals surface area contributed by atoms with Crippen molar-refractivity contribution in [1.82, 2.24) is 24.3 Å². The van der Waals surface area contributed by atoms with Crippen LogP contribution in [0.25, 0.3) is 5.65 Å². The Labute approximate surface area is 128 Å². The maximum Gasteiger partial charge on any atom is 0.226 e. The standard InChI is InChI=1S/C16H19N5O/c1-13-3-7-21-11-14(19-15(21)9-13)10-16(22)18-4-2-6-20-8-5-17-12-20/h3,5,7-9,11-12H,2,4,6,10H2,1H3,(H,18,22). The number of amides is 1. The molecule has 0 saturated carbocycles. The van der Waals surface area contributed by atoms with E-state index in [9.17, 15) is 4.79 Å². The van der Waals surface area contributed by atoms with Crippen LogP contribution in [-0.2, 0) is 17.8 Å². The number of hydrogen-bond donors (Lipinski definition) is 1. The smallest absolute Gasteiger partial charge is 0.226 e. The lowest BCUT2D eigenvalue weighted by Crippen LogP contribution is -2.26. The van der Waals surface area contributed by atoms with Crippen molar-refractivity contribution in [3.8, 4) is 0 Å². The minimum absolute atomic E-state index is 0.00533. The molecule has 0 atom stereocenters. The first kappa shape index (κ1) is 14.3. The van der Waals surface area contributed by atoms with Crippen LogP contribution in [0.3, 0.4) is 0 Å². The van der Waals surface area contributed by atoms with Gasteiger partial charge in [-0.2, -0.15) is 0 Å². The minimum Gasteiger partial charge on any atom is -0.356 e. The molecule has 0 unspecified atom stereocenters. The zero-order valence-corrected chi connectivity index (χ0v) is 12.6. The van der Waals surface area contributed by atoms with E-state index in [-0.39, 0.29) is 5.91 Å². The van der Waals surface area contributed by atoms with E-state index in [1.807, 2.05) is 46.6 Å². The van der Waals surface area contributed by atoms with Crippen LogP contribution < -0.4 is 5.32 Å². The van der Waals surface area contributed by atoms with Gasteiger partial charge < -0.3 is 14.3 Å². The third-order valence-electron chi connectivity index (χ3n) is 3.48. The number of pyridine rings is 1. The molecule has 0 aliphatic heterocycles. The van der Waals surface area contributed by atoms with Gasteiger partial charge in [0.2, 0.25) is 5.91 Å². The van der Waals surface area contributed by atoms with E-state index < -0.39 is 0 Å². The summed E-state index contributed by atoms with van der Waals surface area (Å²) in [7, 11) is 0. The third kappa shape index (κ3) is 3.52. The van der Waals surface area contributed by atoms with Gasteiger partial charge in [-0.25, -0.2) is 9.97 Å². The second-order valence-corrected chi connectivity index (χ2v) is 5.38. The molecule has 1 amide bonds. The number of rotatable bonds is 6. The second-order valence-electron chi connectivity index (χ2n) is 5.38. The van der Waals surface area contributed by atoms with Crippen LogP contribution in [0.4, 0.5) is 0 Å². The number of nitrogens with one attached hydrogen (secondary N) is 1. The first-order valence-corrected chi connectivity index (χ1v) is 7.37. The summed E-state index contributed by atoms with van der Waals surface area (Å²) in [4.78, 5) is 20.4. The Morgan fingerprint density at radius 3 is 3.09 bits per heavy atom. The maximum atomic E-state index is 11.9. The summed E-state index contributed by atoms with van der Waals surface area (Å²) in [5.74, 6) is 0.00533. The summed E-state index contributed by atoms with van der Waals surface area (Å²) in [5.41, 5.74) is 2.83. The normalized spacial score (nSPS) is 11.0. The molecule has 3 aromatic rings. The van der Waals surface area contributed by atoms with Crippen molar-refractivity contribution >= 4 is 11.6 Å². The Hall–Kier alpha value is -2.63. The van der Waals surface area contributed by atoms with Crippen LogP contribution in [-0.4, -0.2) is 31.4 Å². The quantitative estimate of drug-likeness (QED) is 0.703. The van der Waals surface area contributed by atoms with Crippen LogP contribution in [0.1, 0.15) is 17.7 Å². The molecule has 6 nitrogen and oxygen atoms in total. The van der Waals surface area contributed by atoms with E-state index >= 15 is 0 Å². The molecule has 0 spiro atoms. The molecule has 0 aromatic carbocycles. The van der Waals surface area contributed by atoms with Gasteiger partial charge in [-0.15, -0.1) is 0 Å². The third-order valence-corrected chi connectivity index (χ3v) is 3.48. The number of hydrogen-bond acceptors (Lipinski definition) is 3. The van der Waals surface area contributed by atoms with Crippen LogP contribution in [0.15, 0.2) is 43.2 Å². The average molecular weight is 297 g/mol. The Morgan fingerprint density at radius 1 is 1.36 bits per heavy atom. The first-order valence-electron chi connectivity index (χ1n) is 7.37. The molecule has 0 aliphatic carbocycles. The number of carbonyl (C=O) groups is 1. The molecule has 3 heterocycles. The SMILES string of the molecule is Cc1ccn2cc(CC(=O)NCCCn3ccnc3)nc2c1. The number of nitrogens with zero attached hydrogens (tertiary/aromatic N) is 4. The average Bonchev–Trinajstić information content (AvgIpc) is 3.12. The van der Waals surface area contributed by atoms with Crippen LogP contribution >= 0.6 is 0 Å². The number of imidazole rings is 2. The molecule has 0 fully saturated rings. The zero-order chi connectivity index (χ0) is 15.4. The molecule has 3 rings (SSSR count). The summed E-state index contributed by atoms with van der Waals surface area (Å²) in [6, 6.07) is 4.03. The fourth-order valence-corrected chi connectivity index (χ4v) is 2.36. The van der Waals surface area contributed by atoms with Gasteiger partial charge in [-0.05, 0) is 31.0 Å². The first-order chi connectivity index (χ1) is 10.7. The van der Waals surface area contributed by atoms with Crippen molar-refractivity contribution in [2.75, 3.05) is 6.54 Å². The van der Waals surface area contributed by atoms with E-state index in [0.717, 1.165) is 29.9 Å². The van der Waals surface area contributed by atoms with Gasteiger partial charge in [0.05, 0.1) is 18.4 Å². The summed E-state index contributed by atoms with van der Waals surface area (Å²) in [6.45, 7) is 3.54. The molecule has 114 valence electrons. The zero-order valence-electron chi connectivity index (χ0n) is 12.6. The van der Waals surface area contributed by atoms with Gasteiger partial charge in [0, 0.05) is 37.9 Å². The summed E-state index contributed by atoms with van der Waals surface area (Å²) < 4.78 is 3.94. The van der Waals surface area contributed by atoms with Gasteiger partial charge in [0.25, 0.3) is 0 Å². The molecule has 1 N–H and O–H groups in total. The molecule has 0 radical (unpaired) electrons. The molecular weight excluding hydrogens is 278 g/mol. The fourth-order valence-electron chi connectivity index (χ4n) is 2.36. The Kier molecular flexibility index (Phi) is 4.18. The molecule has 3 aromatic heterocycles. The molecule has 0 saturated heterocycles. The van der Waals surface area contributed by atoms with Gasteiger partial charge in [0.1, 0.15) is 5.65 Å². The summed E-state index contributed by atoms with van der Waals surface area (Å²) in [6.07, 6.45) is 10.5. The molecule has 0 aliphatic rings. The van der Waals surface area contributed by atoms with Gasteiger partial charge in [-0.1, -0.05) is 0 Å². The van der Waals surface area contributed by atoms with Crippen molar-refractivity contribution in [3.63, 3.8) is 0 Å². The lowest BCUT2D eigenvalue weighted by Gasteiger charge is -2.04. The fraction of sp³-hybridized carbons (Fsp3) is 0.312. The number of aromatic nitrogens is 4. The van der Waals surface area contributed by atoms with Crippen LogP contribution in [0.5, 0.6) is 0 Å². The Bertz CT molecular complexity index is 760. The predicted octanol–water partition coefficient (Wildman–Crippen LogP) is 1.59. The molecule has 22 heavy (non-hydrogen) atoms. The largest absolute Gasteiger partial charge is 0.356 e. The van der Waals surface area contributed by atoms with Crippen molar-refractivity contribution < 1.29 is 4.79 Å². The lowest BCUT2D eigenvalue weighted by molar-refractivity contribution is -0.120. The highest BCUT2D eigenvalue weighted by Gasteiger charge is 2.07. The van der Waals surface area contributed by atoms with Gasteiger partial charge in [0.15, 0.2) is 0 Å². The van der Waals surface area contributed by atoms with E-state index in [1.165, 1.54) is 0 Å². The number of fused-ring (bicyclic) bond motifs is 1. The van der Waals surface area contributed by atoms with Crippen LogP contribution in [0.2, 0.25) is 0 Å². The van der Waals surface area contributed by atoms with Gasteiger partial charge in [-0.3, -0.25) is 4.79 Å². The van der Waals surface area contributed by atoms with E-state index in [0.29, 0.717) is 13.0 Å². The molecule has 6 heteroatoms. The van der Waals surface area contributed by atoms with E-state index in [2.05, 4.69) is 15.3 Å². The maximum absolute atomic E-state index is 11.9. The molecule has 0 bridgehead atoms. The second kappa shape index (κ2) is 6.43. The Balaban J connectivity index is 1.48. The number of aryl methyl sites for hydroxylation is 2. The highest BCUT2D eigenvalue weighted by molar-refractivity contribution is 5.78. The monoisotopic (exact) mass is 297 g/mol. The topological polar surface area (TPSA) is 64.2 Å². The summed E-state index contributed by atoms with van der Waals surface area (Å²) in [5, 5.41) is 2.93. The van der Waals surface area contributed by atoms with Crippen molar-refractivity contribution in [1.29, 1.82) is 0 Å². The number of carbonyl (C=O) groups excluding carboxylic acids is 1. The lowest BCUT2D eigenvalue weighted by atomic mass is 10.3. The highest BCUT2D eigenvalue weighted by Crippen LogP contribution is 2.08. The minimum atomic E-state index is 0.00533. The van der Waals surface area contributed by atoms with E-state index in [4.69, 9.17) is 0 Å². The summed E-state index contributed by atoms with van der Waals surface area (Å²) >= 11 is 0. The van der Waals surface area contributed by atoms with Crippen molar-refractivity contribution in [2.45, 2.75) is 26.3 Å². The Morgan fingerprint density at radius 2 is 2.27 bits per heavy atom. The predicted molar refractivity (Wildman–Crippen MR) is 83.5 cm³/mol. The molecular formula is C16H19N5O. The van der Waals surface area contributed by atoms with Crippen molar-refractivity contribution in [2.24, 2.45) is 0 Å². The highest BCUT2D eigenvalue weighted by atomic mass is 16.1. The van der Waals surface area contributed by atoms with E-state index in [1.54, 1.807) is 12.5 Å².